The second-order valence-electron chi connectivity index (χ2n) is 9.41. The summed E-state index contributed by atoms with van der Waals surface area (Å²) in [5.74, 6) is 1.25. The molecule has 2 aromatic carbocycles. The summed E-state index contributed by atoms with van der Waals surface area (Å²) in [4.78, 5) is 33.1. The van der Waals surface area contributed by atoms with Gasteiger partial charge >= 0.3 is 0 Å². The second-order valence-corrected chi connectivity index (χ2v) is 9.41. The summed E-state index contributed by atoms with van der Waals surface area (Å²) >= 11 is 0. The number of anilines is 1. The number of carbonyl (C=O) groups excluding carboxylic acids is 1. The van der Waals surface area contributed by atoms with Crippen LogP contribution in [0.5, 0.6) is 0 Å². The standard InChI is InChI=1S/C28H31N5O3/c1-19-23(20(2)36-31-19)12-15-29-27(34)22-13-16-32(17-14-22)26-28(35)33(18-21-8-4-3-5-9-21)25-11-7-6-10-24(25)30-26/h3-11,22H,12-18H2,1-2H3,(H,29,34). The van der Waals surface area contributed by atoms with Crippen LogP contribution in [0.4, 0.5) is 5.82 Å². The van der Waals surface area contributed by atoms with Crippen LogP contribution in [-0.4, -0.2) is 40.2 Å². The minimum Gasteiger partial charge on any atom is -0.361 e. The van der Waals surface area contributed by atoms with E-state index in [4.69, 9.17) is 9.51 Å². The maximum Gasteiger partial charge on any atom is 0.294 e. The molecule has 36 heavy (non-hydrogen) atoms. The zero-order chi connectivity index (χ0) is 25.1. The number of benzene rings is 2. The fraction of sp³-hybridized carbons (Fsp3) is 0.357. The Balaban J connectivity index is 1.27. The normalized spacial score (nSPS) is 14.3. The van der Waals surface area contributed by atoms with Gasteiger partial charge in [0.25, 0.3) is 5.56 Å². The third kappa shape index (κ3) is 4.89. The van der Waals surface area contributed by atoms with Crippen LogP contribution in [0.15, 0.2) is 63.9 Å². The number of amides is 1. The molecule has 0 radical (unpaired) electrons. The van der Waals surface area contributed by atoms with Crippen LogP contribution >= 0.6 is 0 Å². The number of piperidine rings is 1. The van der Waals surface area contributed by atoms with Crippen molar-refractivity contribution < 1.29 is 9.32 Å². The topological polar surface area (TPSA) is 93.3 Å². The molecule has 0 saturated carbocycles. The third-order valence-corrected chi connectivity index (χ3v) is 7.04. The van der Waals surface area contributed by atoms with Gasteiger partial charge in [-0.1, -0.05) is 47.6 Å². The molecule has 0 bridgehead atoms. The highest BCUT2D eigenvalue weighted by atomic mass is 16.5. The average Bonchev–Trinajstić information content (AvgIpc) is 3.23. The van der Waals surface area contributed by atoms with E-state index in [1.807, 2.05) is 73.3 Å². The van der Waals surface area contributed by atoms with Crippen molar-refractivity contribution in [2.75, 3.05) is 24.5 Å². The van der Waals surface area contributed by atoms with Gasteiger partial charge in [-0.15, -0.1) is 0 Å². The zero-order valence-corrected chi connectivity index (χ0v) is 20.7. The number of nitrogens with zero attached hydrogens (tertiary/aromatic N) is 4. The SMILES string of the molecule is Cc1noc(C)c1CCNC(=O)C1CCN(c2nc3ccccc3n(Cc3ccccc3)c2=O)CC1. The molecule has 0 aliphatic carbocycles. The molecule has 1 fully saturated rings. The Morgan fingerprint density at radius 2 is 1.78 bits per heavy atom. The van der Waals surface area contributed by atoms with Crippen molar-refractivity contribution in [3.63, 3.8) is 0 Å². The lowest BCUT2D eigenvalue weighted by Gasteiger charge is -2.32. The van der Waals surface area contributed by atoms with E-state index in [-0.39, 0.29) is 17.4 Å². The molecule has 1 aliphatic rings. The maximum absolute atomic E-state index is 13.6. The van der Waals surface area contributed by atoms with Gasteiger partial charge in [-0.3, -0.25) is 14.2 Å². The van der Waals surface area contributed by atoms with E-state index >= 15 is 0 Å². The summed E-state index contributed by atoms with van der Waals surface area (Å²) in [6.45, 7) is 6.08. The number of carbonyl (C=O) groups is 1. The molecule has 0 spiro atoms. The molecule has 8 nitrogen and oxygen atoms in total. The fourth-order valence-corrected chi connectivity index (χ4v) is 4.98. The van der Waals surface area contributed by atoms with Crippen molar-refractivity contribution in [2.24, 2.45) is 5.92 Å². The Labute approximate surface area is 209 Å². The largest absolute Gasteiger partial charge is 0.361 e. The molecule has 3 heterocycles. The molecule has 186 valence electrons. The first-order valence-electron chi connectivity index (χ1n) is 12.5. The summed E-state index contributed by atoms with van der Waals surface area (Å²) in [6.07, 6.45) is 2.07. The number of fused-ring (bicyclic) bond motifs is 1. The quantitative estimate of drug-likeness (QED) is 0.430. The van der Waals surface area contributed by atoms with E-state index in [2.05, 4.69) is 10.5 Å². The van der Waals surface area contributed by atoms with Crippen molar-refractivity contribution >= 4 is 22.8 Å². The van der Waals surface area contributed by atoms with E-state index in [1.165, 1.54) is 0 Å². The van der Waals surface area contributed by atoms with Crippen molar-refractivity contribution in [1.82, 2.24) is 20.0 Å². The third-order valence-electron chi connectivity index (χ3n) is 7.04. The van der Waals surface area contributed by atoms with Crippen molar-refractivity contribution in [3.05, 3.63) is 87.5 Å². The number of hydrogen-bond donors (Lipinski definition) is 1. The first-order valence-corrected chi connectivity index (χ1v) is 12.5. The summed E-state index contributed by atoms with van der Waals surface area (Å²) in [7, 11) is 0. The number of nitrogens with one attached hydrogen (secondary N) is 1. The molecule has 0 atom stereocenters. The number of rotatable bonds is 7. The van der Waals surface area contributed by atoms with Gasteiger partial charge in [0.2, 0.25) is 5.91 Å². The molecule has 1 N–H and O–H groups in total. The number of aromatic nitrogens is 3. The first-order chi connectivity index (χ1) is 17.5. The molecule has 1 aliphatic heterocycles. The van der Waals surface area contributed by atoms with Crippen LogP contribution in [0, 0.1) is 19.8 Å². The summed E-state index contributed by atoms with van der Waals surface area (Å²) < 4.78 is 7.01. The Kier molecular flexibility index (Phi) is 6.84. The summed E-state index contributed by atoms with van der Waals surface area (Å²) in [5.41, 5.74) is 4.51. The fourth-order valence-electron chi connectivity index (χ4n) is 4.98. The summed E-state index contributed by atoms with van der Waals surface area (Å²) in [5, 5.41) is 7.03. The van der Waals surface area contributed by atoms with E-state index in [0.717, 1.165) is 33.6 Å². The van der Waals surface area contributed by atoms with Gasteiger partial charge in [-0.05, 0) is 50.8 Å². The molecule has 5 rings (SSSR count). The number of aryl methyl sites for hydroxylation is 2. The molecule has 8 heteroatoms. The highest BCUT2D eigenvalue weighted by molar-refractivity contribution is 5.79. The van der Waals surface area contributed by atoms with Crippen LogP contribution < -0.4 is 15.8 Å². The van der Waals surface area contributed by atoms with E-state index in [9.17, 15) is 9.59 Å². The number of hydrogen-bond acceptors (Lipinski definition) is 6. The van der Waals surface area contributed by atoms with Gasteiger partial charge in [0.05, 0.1) is 23.3 Å². The second kappa shape index (κ2) is 10.4. The van der Waals surface area contributed by atoms with Crippen LogP contribution in [0.2, 0.25) is 0 Å². The predicted octanol–water partition coefficient (Wildman–Crippen LogP) is 3.62. The van der Waals surface area contributed by atoms with Crippen molar-refractivity contribution in [1.29, 1.82) is 0 Å². The Morgan fingerprint density at radius 3 is 2.50 bits per heavy atom. The molecule has 1 saturated heterocycles. The van der Waals surface area contributed by atoms with Gasteiger partial charge in [-0.2, -0.15) is 0 Å². The van der Waals surface area contributed by atoms with Gasteiger partial charge in [0.1, 0.15) is 5.76 Å². The molecular formula is C28H31N5O3. The lowest BCUT2D eigenvalue weighted by Crippen LogP contribution is -2.43. The van der Waals surface area contributed by atoms with Crippen molar-refractivity contribution in [2.45, 2.75) is 39.7 Å². The predicted molar refractivity (Wildman–Crippen MR) is 139 cm³/mol. The smallest absolute Gasteiger partial charge is 0.294 e. The van der Waals surface area contributed by atoms with Gasteiger partial charge in [0.15, 0.2) is 5.82 Å². The summed E-state index contributed by atoms with van der Waals surface area (Å²) in [6, 6.07) is 17.7. The lowest BCUT2D eigenvalue weighted by molar-refractivity contribution is -0.125. The van der Waals surface area contributed by atoms with Crippen LogP contribution in [0.25, 0.3) is 11.0 Å². The van der Waals surface area contributed by atoms with E-state index < -0.39 is 0 Å². The average molecular weight is 486 g/mol. The van der Waals surface area contributed by atoms with Crippen molar-refractivity contribution in [3.8, 4) is 0 Å². The molecule has 0 unspecified atom stereocenters. The van der Waals surface area contributed by atoms with Crippen LogP contribution in [-0.2, 0) is 17.8 Å². The van der Waals surface area contributed by atoms with Gasteiger partial charge in [0, 0.05) is 31.1 Å². The monoisotopic (exact) mass is 485 g/mol. The van der Waals surface area contributed by atoms with Gasteiger partial charge in [-0.25, -0.2) is 4.98 Å². The lowest BCUT2D eigenvalue weighted by atomic mass is 9.96. The molecule has 2 aromatic heterocycles. The minimum atomic E-state index is -0.0973. The highest BCUT2D eigenvalue weighted by Crippen LogP contribution is 2.22. The molecule has 4 aromatic rings. The van der Waals surface area contributed by atoms with Crippen LogP contribution in [0.1, 0.15) is 35.4 Å². The Hall–Kier alpha value is -3.94. The number of para-hydroxylation sites is 2. The van der Waals surface area contributed by atoms with Gasteiger partial charge < -0.3 is 14.7 Å². The maximum atomic E-state index is 13.6. The Morgan fingerprint density at radius 1 is 1.06 bits per heavy atom. The van der Waals surface area contributed by atoms with E-state index in [0.29, 0.717) is 51.3 Å². The minimum absolute atomic E-state index is 0.0642. The van der Waals surface area contributed by atoms with Crippen LogP contribution in [0.3, 0.4) is 0 Å². The Bertz CT molecular complexity index is 1400. The molecule has 1 amide bonds. The highest BCUT2D eigenvalue weighted by Gasteiger charge is 2.27. The first kappa shape index (κ1) is 23.8. The van der Waals surface area contributed by atoms with E-state index in [1.54, 1.807) is 4.57 Å². The zero-order valence-electron chi connectivity index (χ0n) is 20.7. The molecular weight excluding hydrogens is 454 g/mol.